The highest BCUT2D eigenvalue weighted by Crippen LogP contribution is 2.25. The molecular weight excluding hydrogens is 174 g/mol. The van der Waals surface area contributed by atoms with Gasteiger partial charge in [-0.25, -0.2) is 9.79 Å². The first-order valence-electron chi connectivity index (χ1n) is 4.95. The fourth-order valence-corrected chi connectivity index (χ4v) is 2.13. The Balaban J connectivity index is 2.33. The molecule has 0 aliphatic heterocycles. The average molecular weight is 187 g/mol. The molecule has 0 saturated carbocycles. The molecule has 0 amide bonds. The maximum atomic E-state index is 10.2. The van der Waals surface area contributed by atoms with Crippen LogP contribution >= 0.6 is 0 Å². The van der Waals surface area contributed by atoms with Gasteiger partial charge >= 0.3 is 0 Å². The van der Waals surface area contributed by atoms with Gasteiger partial charge in [0.05, 0.1) is 6.04 Å². The third-order valence-electron chi connectivity index (χ3n) is 2.93. The highest BCUT2D eigenvalue weighted by Gasteiger charge is 2.18. The molecule has 0 bridgehead atoms. The van der Waals surface area contributed by atoms with Gasteiger partial charge in [-0.3, -0.25) is 0 Å². The second-order valence-electron chi connectivity index (χ2n) is 3.83. The van der Waals surface area contributed by atoms with E-state index < -0.39 is 0 Å². The van der Waals surface area contributed by atoms with E-state index >= 15 is 0 Å². The van der Waals surface area contributed by atoms with Crippen LogP contribution in [0, 0.1) is 6.92 Å². The van der Waals surface area contributed by atoms with Gasteiger partial charge in [-0.2, -0.15) is 0 Å². The molecule has 0 fully saturated rings. The molecule has 0 spiro atoms. The summed E-state index contributed by atoms with van der Waals surface area (Å²) in [5.41, 5.74) is 4.11. The summed E-state index contributed by atoms with van der Waals surface area (Å²) in [6, 6.07) is 6.54. The Morgan fingerprint density at radius 3 is 3.14 bits per heavy atom. The lowest BCUT2D eigenvalue weighted by atomic mass is 9.86. The van der Waals surface area contributed by atoms with Crippen molar-refractivity contribution in [2.75, 3.05) is 0 Å². The van der Waals surface area contributed by atoms with Crippen LogP contribution in [0.3, 0.4) is 0 Å². The van der Waals surface area contributed by atoms with Crippen molar-refractivity contribution in [3.63, 3.8) is 0 Å². The Kier molecular flexibility index (Phi) is 2.47. The summed E-state index contributed by atoms with van der Waals surface area (Å²) >= 11 is 0. The van der Waals surface area contributed by atoms with Gasteiger partial charge in [0.15, 0.2) is 0 Å². The smallest absolute Gasteiger partial charge is 0.211 e. The summed E-state index contributed by atoms with van der Waals surface area (Å²) < 4.78 is 0. The van der Waals surface area contributed by atoms with Crippen LogP contribution in [0.15, 0.2) is 23.2 Å². The molecule has 0 aromatic heterocycles. The van der Waals surface area contributed by atoms with Crippen molar-refractivity contribution in [2.45, 2.75) is 32.2 Å². The average Bonchev–Trinajstić information content (AvgIpc) is 2.20. The zero-order chi connectivity index (χ0) is 9.97. The number of isocyanates is 1. The molecule has 0 heterocycles. The predicted molar refractivity (Wildman–Crippen MR) is 55.1 cm³/mol. The number of benzene rings is 1. The van der Waals surface area contributed by atoms with Crippen LogP contribution in [-0.2, 0) is 17.6 Å². The molecule has 1 atom stereocenters. The largest absolute Gasteiger partial charge is 0.235 e. The Bertz CT molecular complexity index is 391. The number of aryl methyl sites for hydroxylation is 2. The van der Waals surface area contributed by atoms with Gasteiger partial charge in [-0.1, -0.05) is 18.2 Å². The fourth-order valence-electron chi connectivity index (χ4n) is 2.13. The van der Waals surface area contributed by atoms with E-state index in [9.17, 15) is 4.79 Å². The minimum absolute atomic E-state index is 0.154. The van der Waals surface area contributed by atoms with Crippen LogP contribution in [0.25, 0.3) is 0 Å². The Morgan fingerprint density at radius 1 is 1.50 bits per heavy atom. The number of rotatable bonds is 1. The second-order valence-corrected chi connectivity index (χ2v) is 3.83. The van der Waals surface area contributed by atoms with E-state index in [1.54, 1.807) is 6.08 Å². The summed E-state index contributed by atoms with van der Waals surface area (Å²) in [6.07, 6.45) is 4.58. The second kappa shape index (κ2) is 3.77. The van der Waals surface area contributed by atoms with E-state index in [2.05, 4.69) is 30.1 Å². The molecule has 2 nitrogen and oxygen atoms in total. The van der Waals surface area contributed by atoms with Crippen molar-refractivity contribution < 1.29 is 4.79 Å². The standard InChI is InChI=1S/C12H13NO/c1-9-3-2-4-10-5-6-11(13-8-14)7-12(9)10/h2-4,11H,5-7H2,1H3. The number of nitrogens with zero attached hydrogens (tertiary/aromatic N) is 1. The first-order valence-corrected chi connectivity index (χ1v) is 4.95. The van der Waals surface area contributed by atoms with E-state index in [0.717, 1.165) is 19.3 Å². The van der Waals surface area contributed by atoms with Crippen LogP contribution in [0.2, 0.25) is 0 Å². The molecule has 2 rings (SSSR count). The highest BCUT2D eigenvalue weighted by molar-refractivity contribution is 5.39. The molecule has 0 radical (unpaired) electrons. The lowest BCUT2D eigenvalue weighted by Crippen LogP contribution is -2.18. The van der Waals surface area contributed by atoms with Gasteiger partial charge in [-0.15, -0.1) is 0 Å². The molecule has 0 N–H and O–H groups in total. The normalized spacial score (nSPS) is 19.6. The molecule has 1 aliphatic rings. The van der Waals surface area contributed by atoms with Crippen molar-refractivity contribution in [2.24, 2.45) is 4.99 Å². The summed E-state index contributed by atoms with van der Waals surface area (Å²) in [4.78, 5) is 14.0. The fraction of sp³-hybridized carbons (Fsp3) is 0.417. The number of hydrogen-bond acceptors (Lipinski definition) is 2. The van der Waals surface area contributed by atoms with Gasteiger partial charge in [0, 0.05) is 0 Å². The zero-order valence-electron chi connectivity index (χ0n) is 8.29. The molecule has 72 valence electrons. The third kappa shape index (κ3) is 1.61. The molecule has 2 heteroatoms. The Hall–Kier alpha value is -1.40. The third-order valence-corrected chi connectivity index (χ3v) is 2.93. The van der Waals surface area contributed by atoms with Crippen molar-refractivity contribution >= 4 is 6.08 Å². The van der Waals surface area contributed by atoms with E-state index in [-0.39, 0.29) is 6.04 Å². The van der Waals surface area contributed by atoms with Crippen molar-refractivity contribution in [3.05, 3.63) is 34.9 Å². The topological polar surface area (TPSA) is 29.4 Å². The number of fused-ring (bicyclic) bond motifs is 1. The molecule has 0 saturated heterocycles. The summed E-state index contributed by atoms with van der Waals surface area (Å²) in [7, 11) is 0. The number of aliphatic imine (C=N–C) groups is 1. The van der Waals surface area contributed by atoms with E-state index in [0.29, 0.717) is 0 Å². The zero-order valence-corrected chi connectivity index (χ0v) is 8.29. The highest BCUT2D eigenvalue weighted by atomic mass is 16.1. The van der Waals surface area contributed by atoms with E-state index in [1.165, 1.54) is 16.7 Å². The first kappa shape index (κ1) is 9.17. The lowest BCUT2D eigenvalue weighted by molar-refractivity contribution is 0.538. The summed E-state index contributed by atoms with van der Waals surface area (Å²) in [5, 5.41) is 0. The maximum Gasteiger partial charge on any atom is 0.235 e. The van der Waals surface area contributed by atoms with Crippen LogP contribution in [0.5, 0.6) is 0 Å². The maximum absolute atomic E-state index is 10.2. The molecule has 14 heavy (non-hydrogen) atoms. The Labute approximate surface area is 83.7 Å². The van der Waals surface area contributed by atoms with Crippen LogP contribution < -0.4 is 0 Å². The minimum atomic E-state index is 0.154. The van der Waals surface area contributed by atoms with E-state index in [1.807, 2.05) is 0 Å². The van der Waals surface area contributed by atoms with Crippen LogP contribution in [0.4, 0.5) is 0 Å². The SMILES string of the molecule is Cc1cccc2c1CC(N=C=O)CC2. The van der Waals surface area contributed by atoms with Crippen molar-refractivity contribution in [1.82, 2.24) is 0 Å². The lowest BCUT2D eigenvalue weighted by Gasteiger charge is -2.22. The number of hydrogen-bond donors (Lipinski definition) is 0. The Morgan fingerprint density at radius 2 is 2.36 bits per heavy atom. The van der Waals surface area contributed by atoms with Gasteiger partial charge in [0.1, 0.15) is 0 Å². The number of carbonyl (C=O) groups excluding carboxylic acids is 1. The summed E-state index contributed by atoms with van der Waals surface area (Å²) in [5.74, 6) is 0. The van der Waals surface area contributed by atoms with Gasteiger partial charge in [0.2, 0.25) is 6.08 Å². The van der Waals surface area contributed by atoms with Crippen LogP contribution in [0.1, 0.15) is 23.1 Å². The van der Waals surface area contributed by atoms with Crippen molar-refractivity contribution in [3.8, 4) is 0 Å². The van der Waals surface area contributed by atoms with Gasteiger partial charge in [0.25, 0.3) is 0 Å². The van der Waals surface area contributed by atoms with E-state index in [4.69, 9.17) is 0 Å². The van der Waals surface area contributed by atoms with Crippen LogP contribution in [-0.4, -0.2) is 12.1 Å². The predicted octanol–water partition coefficient (Wildman–Crippen LogP) is 2.19. The quantitative estimate of drug-likeness (QED) is 0.489. The van der Waals surface area contributed by atoms with Gasteiger partial charge in [-0.05, 0) is 42.9 Å². The molecule has 1 aromatic carbocycles. The summed E-state index contributed by atoms with van der Waals surface area (Å²) in [6.45, 7) is 2.12. The molecule has 1 aromatic rings. The molecule has 1 aliphatic carbocycles. The van der Waals surface area contributed by atoms with Crippen molar-refractivity contribution in [1.29, 1.82) is 0 Å². The molecule has 1 unspecified atom stereocenters. The van der Waals surface area contributed by atoms with Gasteiger partial charge < -0.3 is 0 Å². The first-order chi connectivity index (χ1) is 6.81. The monoisotopic (exact) mass is 187 g/mol. The minimum Gasteiger partial charge on any atom is -0.211 e. The molecular formula is C12H13NO.